The molecule has 0 aliphatic carbocycles. The summed E-state index contributed by atoms with van der Waals surface area (Å²) in [6, 6.07) is 0.821. The van der Waals surface area contributed by atoms with Crippen LogP contribution in [0.2, 0.25) is 0 Å². The standard InChI is InChI=1S/C12H22N4/c1-5-11(16(3)4)8-15-10(2)12-9-13-6-7-14-12/h6-7,9-11,15H,5,8H2,1-4H3. The third-order valence-corrected chi connectivity index (χ3v) is 2.89. The number of aromatic nitrogens is 2. The van der Waals surface area contributed by atoms with Crippen LogP contribution in [-0.4, -0.2) is 41.5 Å². The average Bonchev–Trinajstić information content (AvgIpc) is 2.30. The molecule has 0 spiro atoms. The highest BCUT2D eigenvalue weighted by molar-refractivity contribution is 5.00. The van der Waals surface area contributed by atoms with Crippen molar-refractivity contribution in [3.63, 3.8) is 0 Å². The van der Waals surface area contributed by atoms with Crippen LogP contribution >= 0.6 is 0 Å². The van der Waals surface area contributed by atoms with E-state index in [1.165, 1.54) is 0 Å². The van der Waals surface area contributed by atoms with Gasteiger partial charge in [-0.15, -0.1) is 0 Å². The Labute approximate surface area is 98.1 Å². The zero-order chi connectivity index (χ0) is 12.0. The molecule has 4 nitrogen and oxygen atoms in total. The number of likely N-dealkylation sites (N-methyl/N-ethyl adjacent to an activating group) is 1. The first-order chi connectivity index (χ1) is 7.65. The lowest BCUT2D eigenvalue weighted by Crippen LogP contribution is -2.38. The molecule has 2 atom stereocenters. The van der Waals surface area contributed by atoms with E-state index in [2.05, 4.69) is 48.1 Å². The van der Waals surface area contributed by atoms with Crippen LogP contribution in [0.25, 0.3) is 0 Å². The van der Waals surface area contributed by atoms with Crippen molar-refractivity contribution in [2.45, 2.75) is 32.4 Å². The first kappa shape index (κ1) is 13.1. The highest BCUT2D eigenvalue weighted by atomic mass is 15.1. The Morgan fingerprint density at radius 1 is 1.38 bits per heavy atom. The third kappa shape index (κ3) is 3.87. The number of nitrogens with zero attached hydrogens (tertiary/aromatic N) is 3. The molecule has 4 heteroatoms. The fourth-order valence-corrected chi connectivity index (χ4v) is 1.64. The van der Waals surface area contributed by atoms with Gasteiger partial charge in [-0.05, 0) is 27.4 Å². The van der Waals surface area contributed by atoms with Crippen molar-refractivity contribution in [3.8, 4) is 0 Å². The third-order valence-electron chi connectivity index (χ3n) is 2.89. The summed E-state index contributed by atoms with van der Waals surface area (Å²) in [4.78, 5) is 10.6. The number of nitrogens with one attached hydrogen (secondary N) is 1. The van der Waals surface area contributed by atoms with Gasteiger partial charge in [-0.2, -0.15) is 0 Å². The minimum absolute atomic E-state index is 0.252. The van der Waals surface area contributed by atoms with Crippen LogP contribution in [0, 0.1) is 0 Å². The molecule has 1 rings (SSSR count). The molecule has 1 aromatic rings. The molecular formula is C12H22N4. The fraction of sp³-hybridized carbons (Fsp3) is 0.667. The molecule has 90 valence electrons. The minimum Gasteiger partial charge on any atom is -0.307 e. The normalized spacial score (nSPS) is 15.1. The van der Waals surface area contributed by atoms with Gasteiger partial charge in [0.05, 0.1) is 5.69 Å². The van der Waals surface area contributed by atoms with Crippen LogP contribution in [0.4, 0.5) is 0 Å². The molecular weight excluding hydrogens is 200 g/mol. The second-order valence-corrected chi connectivity index (χ2v) is 4.29. The molecule has 0 aliphatic rings. The fourth-order valence-electron chi connectivity index (χ4n) is 1.64. The van der Waals surface area contributed by atoms with Gasteiger partial charge in [-0.25, -0.2) is 0 Å². The van der Waals surface area contributed by atoms with Crippen molar-refractivity contribution in [1.29, 1.82) is 0 Å². The van der Waals surface area contributed by atoms with Crippen LogP contribution < -0.4 is 5.32 Å². The average molecular weight is 222 g/mol. The predicted molar refractivity (Wildman–Crippen MR) is 66.2 cm³/mol. The van der Waals surface area contributed by atoms with Crippen molar-refractivity contribution in [3.05, 3.63) is 24.3 Å². The van der Waals surface area contributed by atoms with Crippen LogP contribution in [0.1, 0.15) is 32.0 Å². The molecule has 2 unspecified atom stereocenters. The predicted octanol–water partition coefficient (Wildman–Crippen LogP) is 1.47. The summed E-state index contributed by atoms with van der Waals surface area (Å²) in [6.07, 6.45) is 6.39. The molecule has 0 saturated carbocycles. The van der Waals surface area contributed by atoms with Gasteiger partial charge >= 0.3 is 0 Å². The Morgan fingerprint density at radius 3 is 2.62 bits per heavy atom. The van der Waals surface area contributed by atoms with E-state index in [1.807, 2.05) is 6.20 Å². The molecule has 1 aromatic heterocycles. The summed E-state index contributed by atoms with van der Waals surface area (Å²) in [6.45, 7) is 5.30. The summed E-state index contributed by atoms with van der Waals surface area (Å²) < 4.78 is 0. The van der Waals surface area contributed by atoms with E-state index < -0.39 is 0 Å². The van der Waals surface area contributed by atoms with E-state index in [4.69, 9.17) is 0 Å². The van der Waals surface area contributed by atoms with Gasteiger partial charge in [0.15, 0.2) is 0 Å². The topological polar surface area (TPSA) is 41.1 Å². The zero-order valence-corrected chi connectivity index (χ0v) is 10.6. The van der Waals surface area contributed by atoms with Gasteiger partial charge in [0, 0.05) is 37.2 Å². The molecule has 0 fully saturated rings. The van der Waals surface area contributed by atoms with Crippen molar-refractivity contribution >= 4 is 0 Å². The summed E-state index contributed by atoms with van der Waals surface area (Å²) in [5, 5.41) is 3.49. The Bertz CT molecular complexity index is 286. The van der Waals surface area contributed by atoms with E-state index in [-0.39, 0.29) is 6.04 Å². The molecule has 1 heterocycles. The molecule has 0 saturated heterocycles. The minimum atomic E-state index is 0.252. The lowest BCUT2D eigenvalue weighted by atomic mass is 10.2. The molecule has 1 N–H and O–H groups in total. The van der Waals surface area contributed by atoms with E-state index in [1.54, 1.807) is 12.4 Å². The molecule has 0 bridgehead atoms. The Balaban J connectivity index is 2.43. The molecule has 0 radical (unpaired) electrons. The number of hydrogen-bond acceptors (Lipinski definition) is 4. The highest BCUT2D eigenvalue weighted by Gasteiger charge is 2.11. The van der Waals surface area contributed by atoms with Crippen LogP contribution in [0.5, 0.6) is 0 Å². The lowest BCUT2D eigenvalue weighted by molar-refractivity contribution is 0.269. The second kappa shape index (κ2) is 6.55. The monoisotopic (exact) mass is 222 g/mol. The van der Waals surface area contributed by atoms with Gasteiger partial charge in [0.25, 0.3) is 0 Å². The van der Waals surface area contributed by atoms with Crippen molar-refractivity contribution in [1.82, 2.24) is 20.2 Å². The smallest absolute Gasteiger partial charge is 0.0753 e. The maximum Gasteiger partial charge on any atom is 0.0753 e. The summed E-state index contributed by atoms with van der Waals surface area (Å²) in [5.74, 6) is 0. The molecule has 16 heavy (non-hydrogen) atoms. The summed E-state index contributed by atoms with van der Waals surface area (Å²) in [7, 11) is 4.23. The van der Waals surface area contributed by atoms with Crippen LogP contribution in [0.3, 0.4) is 0 Å². The van der Waals surface area contributed by atoms with Crippen LogP contribution in [-0.2, 0) is 0 Å². The largest absolute Gasteiger partial charge is 0.307 e. The van der Waals surface area contributed by atoms with E-state index in [9.17, 15) is 0 Å². The van der Waals surface area contributed by atoms with Gasteiger partial charge in [0.2, 0.25) is 0 Å². The summed E-state index contributed by atoms with van der Waals surface area (Å²) in [5.41, 5.74) is 0.996. The maximum atomic E-state index is 4.29. The quantitative estimate of drug-likeness (QED) is 0.791. The molecule has 0 aromatic carbocycles. The maximum absolute atomic E-state index is 4.29. The highest BCUT2D eigenvalue weighted by Crippen LogP contribution is 2.07. The summed E-state index contributed by atoms with van der Waals surface area (Å²) >= 11 is 0. The van der Waals surface area contributed by atoms with E-state index >= 15 is 0 Å². The SMILES string of the molecule is CCC(CNC(C)c1cnccn1)N(C)C. The zero-order valence-electron chi connectivity index (χ0n) is 10.6. The lowest BCUT2D eigenvalue weighted by Gasteiger charge is -2.25. The Hall–Kier alpha value is -1.00. The van der Waals surface area contributed by atoms with Gasteiger partial charge < -0.3 is 10.2 Å². The molecule has 0 aliphatic heterocycles. The first-order valence-electron chi connectivity index (χ1n) is 5.80. The van der Waals surface area contributed by atoms with Crippen LogP contribution in [0.15, 0.2) is 18.6 Å². The second-order valence-electron chi connectivity index (χ2n) is 4.29. The number of rotatable bonds is 6. The van der Waals surface area contributed by atoms with Gasteiger partial charge in [-0.3, -0.25) is 9.97 Å². The van der Waals surface area contributed by atoms with E-state index in [0.29, 0.717) is 6.04 Å². The molecule has 0 amide bonds. The number of hydrogen-bond donors (Lipinski definition) is 1. The van der Waals surface area contributed by atoms with Gasteiger partial charge in [0.1, 0.15) is 0 Å². The van der Waals surface area contributed by atoms with Gasteiger partial charge in [-0.1, -0.05) is 6.92 Å². The van der Waals surface area contributed by atoms with Crippen molar-refractivity contribution in [2.24, 2.45) is 0 Å². The van der Waals surface area contributed by atoms with E-state index in [0.717, 1.165) is 18.7 Å². The first-order valence-corrected chi connectivity index (χ1v) is 5.80. The van der Waals surface area contributed by atoms with Crippen molar-refractivity contribution in [2.75, 3.05) is 20.6 Å². The Kier molecular flexibility index (Phi) is 5.35. The van der Waals surface area contributed by atoms with Crippen molar-refractivity contribution < 1.29 is 0 Å². The Morgan fingerprint density at radius 2 is 2.12 bits per heavy atom.